The number of carbonyl (C=O) groups is 1. The number of ether oxygens (including phenoxy) is 2. The second-order valence-electron chi connectivity index (χ2n) is 4.16. The largest absolute Gasteiger partial charge is 0.493 e. The average Bonchev–Trinajstić information content (AvgIpc) is 2.95. The zero-order valence-corrected chi connectivity index (χ0v) is 11.3. The van der Waals surface area contributed by atoms with Gasteiger partial charge >= 0.3 is 5.97 Å². The van der Waals surface area contributed by atoms with Gasteiger partial charge in [0.1, 0.15) is 11.5 Å². The maximum absolute atomic E-state index is 10.8. The molecule has 0 radical (unpaired) electrons. The molecule has 0 aliphatic rings. The van der Waals surface area contributed by atoms with Crippen LogP contribution in [-0.2, 0) is 0 Å². The highest BCUT2D eigenvalue weighted by molar-refractivity contribution is 5.85. The van der Waals surface area contributed by atoms with E-state index in [-0.39, 0.29) is 5.69 Å². The predicted octanol–water partition coefficient (Wildman–Crippen LogP) is 2.57. The van der Waals surface area contributed by atoms with Crippen molar-refractivity contribution < 1.29 is 19.4 Å². The molecular weight excluding hydrogens is 260 g/mol. The van der Waals surface area contributed by atoms with E-state index in [9.17, 15) is 4.79 Å². The van der Waals surface area contributed by atoms with Gasteiger partial charge in [0.15, 0.2) is 11.5 Å². The van der Waals surface area contributed by atoms with Gasteiger partial charge in [-0.1, -0.05) is 6.92 Å². The summed E-state index contributed by atoms with van der Waals surface area (Å²) < 4.78 is 10.8. The van der Waals surface area contributed by atoms with Crippen molar-refractivity contribution in [1.29, 1.82) is 0 Å². The third-order valence-corrected chi connectivity index (χ3v) is 2.70. The predicted molar refractivity (Wildman–Crippen MR) is 73.3 cm³/mol. The van der Waals surface area contributed by atoms with E-state index in [4.69, 9.17) is 14.6 Å². The zero-order valence-electron chi connectivity index (χ0n) is 11.3. The first-order chi connectivity index (χ1) is 9.65. The minimum absolute atomic E-state index is 0.0466. The van der Waals surface area contributed by atoms with Crippen molar-refractivity contribution >= 4 is 5.97 Å². The number of carboxylic acid groups (broad SMARTS) is 1. The van der Waals surface area contributed by atoms with Crippen LogP contribution in [0.15, 0.2) is 24.4 Å². The van der Waals surface area contributed by atoms with Crippen LogP contribution in [0.3, 0.4) is 0 Å². The Labute approximate surface area is 116 Å². The van der Waals surface area contributed by atoms with Crippen molar-refractivity contribution in [2.45, 2.75) is 13.3 Å². The Morgan fingerprint density at radius 1 is 1.40 bits per heavy atom. The molecule has 1 heterocycles. The second-order valence-corrected chi connectivity index (χ2v) is 4.16. The van der Waals surface area contributed by atoms with Crippen molar-refractivity contribution in [3.63, 3.8) is 0 Å². The zero-order chi connectivity index (χ0) is 14.5. The number of imidazole rings is 1. The highest BCUT2D eigenvalue weighted by Crippen LogP contribution is 2.31. The standard InChI is InChI=1S/C14H16N2O4/c1-3-6-20-11-5-4-9(7-12(11)19-2)13-15-8-10(16-13)14(17)18/h4-5,7-8H,3,6H2,1-2H3,(H,15,16)(H,17,18). The van der Waals surface area contributed by atoms with Crippen molar-refractivity contribution in [3.8, 4) is 22.9 Å². The van der Waals surface area contributed by atoms with Gasteiger partial charge in [0.25, 0.3) is 0 Å². The number of aromatic carboxylic acids is 1. The van der Waals surface area contributed by atoms with Crippen LogP contribution in [0.2, 0.25) is 0 Å². The van der Waals surface area contributed by atoms with E-state index in [2.05, 4.69) is 9.97 Å². The van der Waals surface area contributed by atoms with Crippen LogP contribution in [0.1, 0.15) is 23.8 Å². The van der Waals surface area contributed by atoms with Gasteiger partial charge in [0.05, 0.1) is 19.9 Å². The average molecular weight is 276 g/mol. The van der Waals surface area contributed by atoms with E-state index in [0.717, 1.165) is 12.0 Å². The molecule has 6 nitrogen and oxygen atoms in total. The quantitative estimate of drug-likeness (QED) is 0.847. The van der Waals surface area contributed by atoms with Gasteiger partial charge in [-0.3, -0.25) is 0 Å². The molecule has 0 amide bonds. The van der Waals surface area contributed by atoms with E-state index in [0.29, 0.717) is 23.9 Å². The summed E-state index contributed by atoms with van der Waals surface area (Å²) in [6.07, 6.45) is 2.19. The van der Waals surface area contributed by atoms with Crippen molar-refractivity contribution in [3.05, 3.63) is 30.1 Å². The summed E-state index contributed by atoms with van der Waals surface area (Å²) in [7, 11) is 1.56. The van der Waals surface area contributed by atoms with E-state index < -0.39 is 5.97 Å². The summed E-state index contributed by atoms with van der Waals surface area (Å²) in [6.45, 7) is 2.64. The third-order valence-electron chi connectivity index (χ3n) is 2.70. The fourth-order valence-electron chi connectivity index (χ4n) is 1.72. The Bertz CT molecular complexity index is 607. The number of hydrogen-bond donors (Lipinski definition) is 2. The normalized spacial score (nSPS) is 10.3. The summed E-state index contributed by atoms with van der Waals surface area (Å²) in [5.74, 6) is 0.675. The molecule has 2 aromatic rings. The lowest BCUT2D eigenvalue weighted by atomic mass is 10.2. The smallest absolute Gasteiger partial charge is 0.353 e. The van der Waals surface area contributed by atoms with Gasteiger partial charge in [-0.15, -0.1) is 0 Å². The number of nitrogens with one attached hydrogen (secondary N) is 1. The first kappa shape index (κ1) is 13.9. The lowest BCUT2D eigenvalue weighted by Crippen LogP contribution is -1.98. The van der Waals surface area contributed by atoms with Crippen LogP contribution >= 0.6 is 0 Å². The Balaban J connectivity index is 2.30. The number of nitrogens with zero attached hydrogens (tertiary/aromatic N) is 1. The van der Waals surface area contributed by atoms with E-state index in [1.165, 1.54) is 6.20 Å². The van der Waals surface area contributed by atoms with Crippen LogP contribution < -0.4 is 9.47 Å². The molecule has 0 atom stereocenters. The molecule has 0 aliphatic heterocycles. The van der Waals surface area contributed by atoms with Gasteiger partial charge in [-0.25, -0.2) is 9.78 Å². The summed E-state index contributed by atoms with van der Waals surface area (Å²) >= 11 is 0. The number of H-pyrrole nitrogens is 1. The van der Waals surface area contributed by atoms with E-state index >= 15 is 0 Å². The molecule has 20 heavy (non-hydrogen) atoms. The number of benzene rings is 1. The first-order valence-electron chi connectivity index (χ1n) is 6.25. The molecule has 0 aliphatic carbocycles. The van der Waals surface area contributed by atoms with Gasteiger partial charge in [0.2, 0.25) is 0 Å². The summed E-state index contributed by atoms with van der Waals surface area (Å²) in [5.41, 5.74) is 0.781. The van der Waals surface area contributed by atoms with Crippen LogP contribution in [0.5, 0.6) is 11.5 Å². The number of aromatic amines is 1. The highest BCUT2D eigenvalue weighted by atomic mass is 16.5. The molecule has 0 saturated carbocycles. The number of hydrogen-bond acceptors (Lipinski definition) is 4. The summed E-state index contributed by atoms with van der Waals surface area (Å²) in [5, 5.41) is 8.87. The van der Waals surface area contributed by atoms with Crippen LogP contribution in [-0.4, -0.2) is 34.8 Å². The Morgan fingerprint density at radius 3 is 2.80 bits per heavy atom. The fraction of sp³-hybridized carbons (Fsp3) is 0.286. The fourth-order valence-corrected chi connectivity index (χ4v) is 1.72. The molecule has 6 heteroatoms. The highest BCUT2D eigenvalue weighted by Gasteiger charge is 2.11. The van der Waals surface area contributed by atoms with Gasteiger partial charge in [-0.05, 0) is 24.6 Å². The first-order valence-corrected chi connectivity index (χ1v) is 6.25. The number of rotatable bonds is 6. The van der Waals surface area contributed by atoms with Crippen LogP contribution in [0.4, 0.5) is 0 Å². The monoisotopic (exact) mass is 276 g/mol. The number of carboxylic acids is 1. The molecule has 106 valence electrons. The maximum atomic E-state index is 10.8. The van der Waals surface area contributed by atoms with Crippen molar-refractivity contribution in [1.82, 2.24) is 9.97 Å². The molecular formula is C14H16N2O4. The third kappa shape index (κ3) is 2.90. The molecule has 2 rings (SSSR count). The maximum Gasteiger partial charge on any atom is 0.353 e. The summed E-state index contributed by atoms with van der Waals surface area (Å²) in [6, 6.07) is 5.35. The molecule has 1 aromatic carbocycles. The number of methoxy groups -OCH3 is 1. The van der Waals surface area contributed by atoms with Gasteiger partial charge in [-0.2, -0.15) is 0 Å². The van der Waals surface area contributed by atoms with E-state index in [1.807, 2.05) is 6.92 Å². The summed E-state index contributed by atoms with van der Waals surface area (Å²) in [4.78, 5) is 17.6. The lowest BCUT2D eigenvalue weighted by molar-refractivity contribution is 0.0691. The molecule has 0 unspecified atom stereocenters. The van der Waals surface area contributed by atoms with Crippen molar-refractivity contribution in [2.24, 2.45) is 0 Å². The molecule has 0 bridgehead atoms. The SMILES string of the molecule is CCCOc1ccc(-c2ncc(C(=O)O)[nH]2)cc1OC. The Kier molecular flexibility index (Phi) is 4.24. The van der Waals surface area contributed by atoms with Crippen LogP contribution in [0.25, 0.3) is 11.4 Å². The second kappa shape index (κ2) is 6.10. The van der Waals surface area contributed by atoms with Gasteiger partial charge in [0, 0.05) is 5.56 Å². The van der Waals surface area contributed by atoms with E-state index in [1.54, 1.807) is 25.3 Å². The van der Waals surface area contributed by atoms with Crippen LogP contribution in [0, 0.1) is 0 Å². The molecule has 1 aromatic heterocycles. The number of aromatic nitrogens is 2. The molecule has 2 N–H and O–H groups in total. The molecule has 0 saturated heterocycles. The lowest BCUT2D eigenvalue weighted by Gasteiger charge is -2.10. The topological polar surface area (TPSA) is 84.4 Å². The van der Waals surface area contributed by atoms with Gasteiger partial charge < -0.3 is 19.6 Å². The molecule has 0 fully saturated rings. The minimum atomic E-state index is -1.04. The molecule has 0 spiro atoms. The van der Waals surface area contributed by atoms with Crippen molar-refractivity contribution in [2.75, 3.05) is 13.7 Å². The Hall–Kier alpha value is -2.50. The Morgan fingerprint density at radius 2 is 2.20 bits per heavy atom. The minimum Gasteiger partial charge on any atom is -0.493 e.